The number of benzene rings is 1. The van der Waals surface area contributed by atoms with Crippen LogP contribution in [0, 0.1) is 0 Å². The maximum absolute atomic E-state index is 12.2. The Morgan fingerprint density at radius 3 is 2.77 bits per heavy atom. The molecule has 0 radical (unpaired) electrons. The molecule has 26 heavy (non-hydrogen) atoms. The number of methoxy groups -OCH3 is 1. The minimum Gasteiger partial charge on any atom is -0.480 e. The van der Waals surface area contributed by atoms with Crippen LogP contribution < -0.4 is 10.1 Å². The van der Waals surface area contributed by atoms with Gasteiger partial charge in [0.2, 0.25) is 11.8 Å². The number of fused-ring (bicyclic) bond motifs is 1. The summed E-state index contributed by atoms with van der Waals surface area (Å²) in [5, 5.41) is 24.7. The summed E-state index contributed by atoms with van der Waals surface area (Å²) in [6, 6.07) is 12.9. The lowest BCUT2D eigenvalue weighted by Gasteiger charge is -2.16. The predicted octanol–water partition coefficient (Wildman–Crippen LogP) is 0.785. The molecule has 1 atom stereocenters. The third kappa shape index (κ3) is 4.34. The van der Waals surface area contributed by atoms with E-state index in [4.69, 9.17) is 4.74 Å². The number of ether oxygens (including phenoxy) is 1. The molecule has 0 aliphatic carbocycles. The molecule has 136 valence electrons. The summed E-state index contributed by atoms with van der Waals surface area (Å²) in [5.74, 6) is 0.878. The molecule has 2 aromatic heterocycles. The molecule has 3 rings (SSSR count). The number of aryl methyl sites for hydroxylation is 1. The Kier molecular flexibility index (Phi) is 5.75. The minimum atomic E-state index is -0.321. The Balaban J connectivity index is 1.58. The molecule has 0 bridgehead atoms. The topological polar surface area (TPSA) is 102 Å². The van der Waals surface area contributed by atoms with Gasteiger partial charge in [-0.15, -0.1) is 15.3 Å². The lowest BCUT2D eigenvalue weighted by Crippen LogP contribution is -2.39. The van der Waals surface area contributed by atoms with Crippen LogP contribution in [0.1, 0.15) is 17.8 Å². The molecule has 1 aromatic carbocycles. The van der Waals surface area contributed by atoms with E-state index in [0.717, 1.165) is 5.56 Å². The Labute approximate surface area is 150 Å². The van der Waals surface area contributed by atoms with E-state index in [2.05, 4.69) is 20.6 Å². The largest absolute Gasteiger partial charge is 0.480 e. The van der Waals surface area contributed by atoms with Gasteiger partial charge >= 0.3 is 0 Å². The summed E-state index contributed by atoms with van der Waals surface area (Å²) in [6.07, 6.45) is 1.19. The summed E-state index contributed by atoms with van der Waals surface area (Å²) in [5.41, 5.74) is 1.66. The van der Waals surface area contributed by atoms with Crippen molar-refractivity contribution in [1.29, 1.82) is 0 Å². The van der Waals surface area contributed by atoms with Gasteiger partial charge in [-0.05, 0) is 18.1 Å². The Bertz CT molecular complexity index is 866. The van der Waals surface area contributed by atoms with Crippen molar-refractivity contribution in [2.75, 3.05) is 13.7 Å². The number of carbonyl (C=O) groups excluding carboxylic acids is 1. The summed E-state index contributed by atoms with van der Waals surface area (Å²) in [7, 11) is 1.54. The number of carbonyl (C=O) groups is 1. The maximum atomic E-state index is 12.2. The van der Waals surface area contributed by atoms with Crippen molar-refractivity contribution < 1.29 is 14.6 Å². The predicted molar refractivity (Wildman–Crippen MR) is 94.8 cm³/mol. The highest BCUT2D eigenvalue weighted by Crippen LogP contribution is 2.10. The zero-order valence-corrected chi connectivity index (χ0v) is 14.5. The molecule has 2 heterocycles. The molecule has 8 nitrogen and oxygen atoms in total. The molecule has 0 aliphatic heterocycles. The highest BCUT2D eigenvalue weighted by Gasteiger charge is 2.14. The van der Waals surface area contributed by atoms with E-state index in [1.165, 1.54) is 7.11 Å². The Morgan fingerprint density at radius 2 is 2.04 bits per heavy atom. The molecule has 0 spiro atoms. The molecule has 1 amide bonds. The second-order valence-corrected chi connectivity index (χ2v) is 5.90. The number of hydrogen-bond donors (Lipinski definition) is 2. The van der Waals surface area contributed by atoms with Crippen molar-refractivity contribution in [3.8, 4) is 5.88 Å². The molecule has 2 N–H and O–H groups in total. The first kappa shape index (κ1) is 17.8. The number of amides is 1. The average molecular weight is 355 g/mol. The SMILES string of the molecule is COc1ccc2nnc(CCC(=O)NC(CO)Cc3ccccc3)n2n1. The smallest absolute Gasteiger partial charge is 0.231 e. The molecule has 1 unspecified atom stereocenters. The number of nitrogens with one attached hydrogen (secondary N) is 1. The molecule has 3 aromatic rings. The summed E-state index contributed by atoms with van der Waals surface area (Å²) in [6.45, 7) is -0.118. The standard InChI is InChI=1S/C18H21N5O3/c1-26-18-10-8-16-21-20-15(23(16)22-18)7-9-17(25)19-14(12-24)11-13-5-3-2-4-6-13/h2-6,8,10,14,24H,7,9,11-12H2,1H3,(H,19,25). The van der Waals surface area contributed by atoms with Gasteiger partial charge in [-0.3, -0.25) is 4.79 Å². The lowest BCUT2D eigenvalue weighted by atomic mass is 10.1. The molecule has 0 saturated carbocycles. The first-order valence-corrected chi connectivity index (χ1v) is 8.39. The highest BCUT2D eigenvalue weighted by molar-refractivity contribution is 5.76. The second-order valence-electron chi connectivity index (χ2n) is 5.90. The molecule has 0 aliphatic rings. The fraction of sp³-hybridized carbons (Fsp3) is 0.333. The van der Waals surface area contributed by atoms with E-state index >= 15 is 0 Å². The zero-order chi connectivity index (χ0) is 18.4. The molecule has 8 heteroatoms. The van der Waals surface area contributed by atoms with Crippen molar-refractivity contribution in [3.05, 3.63) is 53.9 Å². The third-order valence-electron chi connectivity index (χ3n) is 4.00. The number of aromatic nitrogens is 4. The molecule has 0 fully saturated rings. The second kappa shape index (κ2) is 8.39. The highest BCUT2D eigenvalue weighted by atomic mass is 16.5. The lowest BCUT2D eigenvalue weighted by molar-refractivity contribution is -0.122. The van der Waals surface area contributed by atoms with Crippen molar-refractivity contribution in [3.63, 3.8) is 0 Å². The van der Waals surface area contributed by atoms with E-state index in [-0.39, 0.29) is 25.0 Å². The van der Waals surface area contributed by atoms with Crippen molar-refractivity contribution in [2.45, 2.75) is 25.3 Å². The first-order chi connectivity index (χ1) is 12.7. The van der Waals surface area contributed by atoms with Crippen LogP contribution >= 0.6 is 0 Å². The van der Waals surface area contributed by atoms with Crippen molar-refractivity contribution in [2.24, 2.45) is 0 Å². The van der Waals surface area contributed by atoms with Crippen molar-refractivity contribution >= 4 is 11.6 Å². The van der Waals surface area contributed by atoms with Crippen molar-refractivity contribution in [1.82, 2.24) is 25.1 Å². The van der Waals surface area contributed by atoms with Crippen LogP contribution in [0.3, 0.4) is 0 Å². The molecular weight excluding hydrogens is 334 g/mol. The Hall–Kier alpha value is -3.00. The van der Waals surface area contributed by atoms with Gasteiger partial charge in [0.05, 0.1) is 19.8 Å². The monoisotopic (exact) mass is 355 g/mol. The van der Waals surface area contributed by atoms with Crippen LogP contribution in [0.2, 0.25) is 0 Å². The molecule has 0 saturated heterocycles. The maximum Gasteiger partial charge on any atom is 0.231 e. The summed E-state index contributed by atoms with van der Waals surface area (Å²) in [4.78, 5) is 12.2. The fourth-order valence-corrected chi connectivity index (χ4v) is 2.67. The van der Waals surface area contributed by atoms with E-state index in [9.17, 15) is 9.90 Å². The van der Waals surface area contributed by atoms with E-state index < -0.39 is 0 Å². The van der Waals surface area contributed by atoms with Gasteiger partial charge in [0.25, 0.3) is 0 Å². The quantitative estimate of drug-likeness (QED) is 0.619. The van der Waals surface area contributed by atoms with Crippen LogP contribution in [-0.2, 0) is 17.6 Å². The number of aliphatic hydroxyl groups is 1. The minimum absolute atomic E-state index is 0.118. The number of nitrogens with zero attached hydrogens (tertiary/aromatic N) is 4. The van der Waals surface area contributed by atoms with Gasteiger partial charge in [0, 0.05) is 18.9 Å². The van der Waals surface area contributed by atoms with Crippen LogP contribution in [0.25, 0.3) is 5.65 Å². The number of hydrogen-bond acceptors (Lipinski definition) is 6. The zero-order valence-electron chi connectivity index (χ0n) is 14.5. The van der Waals surface area contributed by atoms with Gasteiger partial charge in [0.1, 0.15) is 0 Å². The van der Waals surface area contributed by atoms with E-state index in [1.807, 2.05) is 30.3 Å². The molecular formula is C18H21N5O3. The van der Waals surface area contributed by atoms with Gasteiger partial charge in [-0.2, -0.15) is 4.52 Å². The summed E-state index contributed by atoms with van der Waals surface area (Å²) < 4.78 is 6.67. The first-order valence-electron chi connectivity index (χ1n) is 8.39. The van der Waals surface area contributed by atoms with Crippen LogP contribution in [-0.4, -0.2) is 50.6 Å². The average Bonchev–Trinajstić information content (AvgIpc) is 3.08. The van der Waals surface area contributed by atoms with Crippen LogP contribution in [0.15, 0.2) is 42.5 Å². The normalized spacial score (nSPS) is 12.1. The number of aliphatic hydroxyl groups excluding tert-OH is 1. The van der Waals surface area contributed by atoms with Gasteiger partial charge in [0.15, 0.2) is 11.5 Å². The fourth-order valence-electron chi connectivity index (χ4n) is 2.67. The summed E-state index contributed by atoms with van der Waals surface area (Å²) >= 11 is 0. The van der Waals surface area contributed by atoms with Gasteiger partial charge < -0.3 is 15.2 Å². The third-order valence-corrected chi connectivity index (χ3v) is 4.00. The van der Waals surface area contributed by atoms with Gasteiger partial charge in [-0.25, -0.2) is 0 Å². The van der Waals surface area contributed by atoms with Crippen LogP contribution in [0.5, 0.6) is 5.88 Å². The Morgan fingerprint density at radius 1 is 1.23 bits per heavy atom. The number of rotatable bonds is 8. The van der Waals surface area contributed by atoms with E-state index in [0.29, 0.717) is 30.2 Å². The van der Waals surface area contributed by atoms with E-state index in [1.54, 1.807) is 16.6 Å². The van der Waals surface area contributed by atoms with Crippen LogP contribution in [0.4, 0.5) is 0 Å². The van der Waals surface area contributed by atoms with Gasteiger partial charge in [-0.1, -0.05) is 30.3 Å².